The van der Waals surface area contributed by atoms with Gasteiger partial charge in [-0.2, -0.15) is 13.2 Å². The molecule has 5 heteroatoms. The van der Waals surface area contributed by atoms with E-state index in [0.717, 1.165) is 28.8 Å². The molecule has 1 aromatic rings. The highest BCUT2D eigenvalue weighted by atomic mass is 19.4. The predicted octanol–water partition coefficient (Wildman–Crippen LogP) is 4.64. The molecule has 0 aromatic heterocycles. The Bertz CT molecular complexity index is 722. The van der Waals surface area contributed by atoms with Crippen LogP contribution in [0.5, 0.6) is 0 Å². The smallest absolute Gasteiger partial charge is 0.265 e. The summed E-state index contributed by atoms with van der Waals surface area (Å²) in [6.45, 7) is 5.41. The summed E-state index contributed by atoms with van der Waals surface area (Å²) in [6, 6.07) is 5.43. The number of halogens is 3. The number of alkyl halides is 3. The van der Waals surface area contributed by atoms with Gasteiger partial charge >= 0.3 is 6.18 Å². The SMILES string of the molecule is C=C1Cc2ccc(C3=CN=C(C)C3)cc2N=C1C(F)(F)F. The Hall–Kier alpha value is -2.17. The second-order valence-corrected chi connectivity index (χ2v) is 5.28. The molecule has 21 heavy (non-hydrogen) atoms. The van der Waals surface area contributed by atoms with Crippen LogP contribution in [-0.4, -0.2) is 17.6 Å². The zero-order valence-electron chi connectivity index (χ0n) is 11.5. The lowest BCUT2D eigenvalue weighted by molar-refractivity contribution is -0.0583. The molecule has 0 unspecified atom stereocenters. The lowest BCUT2D eigenvalue weighted by atomic mass is 9.94. The van der Waals surface area contributed by atoms with Crippen molar-refractivity contribution in [2.45, 2.75) is 25.9 Å². The first-order valence-electron chi connectivity index (χ1n) is 6.54. The minimum absolute atomic E-state index is 0.0157. The molecule has 0 N–H and O–H groups in total. The average Bonchev–Trinajstić information content (AvgIpc) is 2.83. The second-order valence-electron chi connectivity index (χ2n) is 5.28. The Morgan fingerprint density at radius 2 is 1.95 bits per heavy atom. The van der Waals surface area contributed by atoms with Gasteiger partial charge in [0.15, 0.2) is 0 Å². The second kappa shape index (κ2) is 4.69. The van der Waals surface area contributed by atoms with Crippen LogP contribution in [0.1, 0.15) is 24.5 Å². The Morgan fingerprint density at radius 3 is 2.57 bits per heavy atom. The molecule has 0 amide bonds. The molecular formula is C16H13F3N2. The van der Waals surface area contributed by atoms with Crippen LogP contribution < -0.4 is 0 Å². The zero-order valence-corrected chi connectivity index (χ0v) is 11.5. The Balaban J connectivity index is 2.01. The van der Waals surface area contributed by atoms with Gasteiger partial charge in [0.2, 0.25) is 0 Å². The standard InChI is InChI=1S/C16H13F3N2/c1-9-5-12-4-3-11(13-6-10(2)20-8-13)7-14(12)21-15(9)16(17,18)19/h3-4,7-8H,1,5-6H2,2H3. The van der Waals surface area contributed by atoms with E-state index in [4.69, 9.17) is 0 Å². The maximum absolute atomic E-state index is 12.9. The van der Waals surface area contributed by atoms with Crippen molar-refractivity contribution in [1.29, 1.82) is 0 Å². The van der Waals surface area contributed by atoms with Crippen LogP contribution in [0.2, 0.25) is 0 Å². The molecule has 1 aromatic carbocycles. The molecule has 2 nitrogen and oxygen atoms in total. The highest BCUT2D eigenvalue weighted by Gasteiger charge is 2.39. The van der Waals surface area contributed by atoms with Crippen molar-refractivity contribution < 1.29 is 13.2 Å². The summed E-state index contributed by atoms with van der Waals surface area (Å²) in [6.07, 6.45) is -1.80. The molecule has 0 aliphatic carbocycles. The van der Waals surface area contributed by atoms with E-state index in [1.807, 2.05) is 19.1 Å². The van der Waals surface area contributed by atoms with Gasteiger partial charge in [-0.3, -0.25) is 4.99 Å². The number of aliphatic imine (C=N–C) groups is 2. The van der Waals surface area contributed by atoms with Crippen molar-refractivity contribution in [2.24, 2.45) is 9.98 Å². The fraction of sp³-hybridized carbons (Fsp3) is 0.250. The lowest BCUT2D eigenvalue weighted by Crippen LogP contribution is -2.27. The van der Waals surface area contributed by atoms with Crippen molar-refractivity contribution in [3.63, 3.8) is 0 Å². The topological polar surface area (TPSA) is 24.7 Å². The van der Waals surface area contributed by atoms with Gasteiger partial charge in [-0.25, -0.2) is 4.99 Å². The van der Waals surface area contributed by atoms with Crippen molar-refractivity contribution in [3.05, 3.63) is 47.7 Å². The Kier molecular flexibility index (Phi) is 3.08. The normalized spacial score (nSPS) is 18.1. The molecule has 2 aliphatic rings. The van der Waals surface area contributed by atoms with Crippen molar-refractivity contribution in [2.75, 3.05) is 0 Å². The summed E-state index contributed by atoms with van der Waals surface area (Å²) in [7, 11) is 0. The van der Waals surface area contributed by atoms with Gasteiger partial charge in [-0.05, 0) is 35.3 Å². The fourth-order valence-electron chi connectivity index (χ4n) is 2.53. The maximum atomic E-state index is 12.9. The Morgan fingerprint density at radius 1 is 1.19 bits per heavy atom. The van der Waals surface area contributed by atoms with Crippen LogP contribution in [0.4, 0.5) is 18.9 Å². The van der Waals surface area contributed by atoms with E-state index in [2.05, 4.69) is 16.6 Å². The summed E-state index contributed by atoms with van der Waals surface area (Å²) < 4.78 is 38.8. The molecule has 3 rings (SSSR count). The maximum Gasteiger partial charge on any atom is 0.433 e. The van der Waals surface area contributed by atoms with Crippen molar-refractivity contribution >= 4 is 22.7 Å². The van der Waals surface area contributed by atoms with Gasteiger partial charge in [0.25, 0.3) is 0 Å². The molecule has 0 spiro atoms. The Labute approximate surface area is 120 Å². The molecule has 0 atom stereocenters. The van der Waals surface area contributed by atoms with E-state index < -0.39 is 11.9 Å². The lowest BCUT2D eigenvalue weighted by Gasteiger charge is -2.20. The van der Waals surface area contributed by atoms with Crippen molar-refractivity contribution in [3.8, 4) is 0 Å². The van der Waals surface area contributed by atoms with Crippen LogP contribution >= 0.6 is 0 Å². The number of nitrogens with zero attached hydrogens (tertiary/aromatic N) is 2. The third kappa shape index (κ3) is 2.55. The van der Waals surface area contributed by atoms with Gasteiger partial charge in [0.1, 0.15) is 5.71 Å². The first-order chi connectivity index (χ1) is 9.84. The minimum atomic E-state index is -4.46. The number of benzene rings is 1. The highest BCUT2D eigenvalue weighted by molar-refractivity contribution is 6.07. The fourth-order valence-corrected chi connectivity index (χ4v) is 2.53. The summed E-state index contributed by atoms with van der Waals surface area (Å²) in [4.78, 5) is 7.97. The van der Waals surface area contributed by atoms with E-state index in [-0.39, 0.29) is 12.0 Å². The molecule has 0 saturated heterocycles. The van der Waals surface area contributed by atoms with Gasteiger partial charge in [-0.15, -0.1) is 0 Å². The van der Waals surface area contributed by atoms with Crippen LogP contribution in [0.15, 0.2) is 46.5 Å². The van der Waals surface area contributed by atoms with Crippen LogP contribution in [0.3, 0.4) is 0 Å². The number of fused-ring (bicyclic) bond motifs is 1. The molecule has 2 aliphatic heterocycles. The zero-order chi connectivity index (χ0) is 15.2. The third-order valence-corrected chi connectivity index (χ3v) is 3.58. The van der Waals surface area contributed by atoms with Gasteiger partial charge in [0.05, 0.1) is 5.69 Å². The number of hydrogen-bond donors (Lipinski definition) is 0. The predicted molar refractivity (Wildman–Crippen MR) is 78.1 cm³/mol. The minimum Gasteiger partial charge on any atom is -0.265 e. The van der Waals surface area contributed by atoms with E-state index in [1.165, 1.54) is 0 Å². The molecule has 2 heterocycles. The average molecular weight is 290 g/mol. The largest absolute Gasteiger partial charge is 0.433 e. The van der Waals surface area contributed by atoms with Gasteiger partial charge < -0.3 is 0 Å². The molecule has 0 fully saturated rings. The number of hydrogen-bond acceptors (Lipinski definition) is 2. The summed E-state index contributed by atoms with van der Waals surface area (Å²) in [5, 5.41) is 0. The summed E-state index contributed by atoms with van der Waals surface area (Å²) in [5.41, 5.74) is 3.15. The first kappa shape index (κ1) is 13.8. The van der Waals surface area contributed by atoms with Gasteiger partial charge in [0, 0.05) is 24.8 Å². The van der Waals surface area contributed by atoms with E-state index in [0.29, 0.717) is 5.69 Å². The van der Waals surface area contributed by atoms with Crippen LogP contribution in [0, 0.1) is 0 Å². The monoisotopic (exact) mass is 290 g/mol. The quantitative estimate of drug-likeness (QED) is 0.720. The van der Waals surface area contributed by atoms with E-state index in [9.17, 15) is 13.2 Å². The molecule has 0 bridgehead atoms. The molecule has 0 saturated carbocycles. The van der Waals surface area contributed by atoms with E-state index in [1.54, 1.807) is 12.3 Å². The van der Waals surface area contributed by atoms with Crippen LogP contribution in [0.25, 0.3) is 5.57 Å². The van der Waals surface area contributed by atoms with Crippen LogP contribution in [-0.2, 0) is 6.42 Å². The van der Waals surface area contributed by atoms with Gasteiger partial charge in [-0.1, -0.05) is 18.7 Å². The molecular weight excluding hydrogens is 277 g/mol. The molecule has 108 valence electrons. The summed E-state index contributed by atoms with van der Waals surface area (Å²) in [5.74, 6) is 0. The molecule has 0 radical (unpaired) electrons. The van der Waals surface area contributed by atoms with Crippen molar-refractivity contribution in [1.82, 2.24) is 0 Å². The first-order valence-corrected chi connectivity index (χ1v) is 6.54. The highest BCUT2D eigenvalue weighted by Crippen LogP contribution is 2.36. The van der Waals surface area contributed by atoms with E-state index >= 15 is 0 Å². The summed E-state index contributed by atoms with van der Waals surface area (Å²) >= 11 is 0. The third-order valence-electron chi connectivity index (χ3n) is 3.58. The number of rotatable bonds is 1. The number of allylic oxidation sites excluding steroid dienone is 2.